The van der Waals surface area contributed by atoms with Crippen molar-refractivity contribution in [3.8, 4) is 11.4 Å². The Balaban J connectivity index is 2.58. The topological polar surface area (TPSA) is 51.8 Å². The lowest BCUT2D eigenvalue weighted by molar-refractivity contribution is 1.11. The van der Waals surface area contributed by atoms with Crippen molar-refractivity contribution in [2.45, 2.75) is 20.8 Å². The molecule has 82 valence electrons. The molecule has 0 bridgehead atoms. The third-order valence-electron chi connectivity index (χ3n) is 2.50. The molecule has 0 saturated heterocycles. The summed E-state index contributed by atoms with van der Waals surface area (Å²) in [7, 11) is 0. The van der Waals surface area contributed by atoms with Crippen LogP contribution in [-0.4, -0.2) is 9.97 Å². The maximum atomic E-state index is 5.73. The van der Waals surface area contributed by atoms with Gasteiger partial charge in [-0.1, -0.05) is 23.8 Å². The van der Waals surface area contributed by atoms with Crippen LogP contribution < -0.4 is 5.73 Å². The van der Waals surface area contributed by atoms with Crippen LogP contribution in [0, 0.1) is 20.8 Å². The van der Waals surface area contributed by atoms with E-state index in [-0.39, 0.29) is 0 Å². The number of hydrogen-bond donors (Lipinski definition) is 1. The second-order valence-corrected chi connectivity index (χ2v) is 4.08. The molecule has 3 heteroatoms. The standard InChI is InChI=1S/C13H15N3/c1-8-4-5-11(9(2)6-8)13-15-10(3)7-12(14)16-13/h4-7H,1-3H3,(H2,14,15,16). The van der Waals surface area contributed by atoms with Gasteiger partial charge in [-0.3, -0.25) is 0 Å². The van der Waals surface area contributed by atoms with Crippen molar-refractivity contribution in [2.24, 2.45) is 0 Å². The first-order valence-corrected chi connectivity index (χ1v) is 5.25. The Morgan fingerprint density at radius 2 is 1.75 bits per heavy atom. The number of aromatic nitrogens is 2. The highest BCUT2D eigenvalue weighted by Gasteiger charge is 2.06. The molecule has 0 amide bonds. The van der Waals surface area contributed by atoms with Crippen LogP contribution in [0.2, 0.25) is 0 Å². The van der Waals surface area contributed by atoms with Crippen LogP contribution in [0.3, 0.4) is 0 Å². The van der Waals surface area contributed by atoms with E-state index in [1.807, 2.05) is 13.0 Å². The Labute approximate surface area is 95.4 Å². The number of rotatable bonds is 1. The first-order valence-electron chi connectivity index (χ1n) is 5.25. The molecule has 1 aromatic heterocycles. The lowest BCUT2D eigenvalue weighted by atomic mass is 10.1. The number of nitrogens with zero attached hydrogens (tertiary/aromatic N) is 2. The molecular formula is C13H15N3. The van der Waals surface area contributed by atoms with E-state index in [4.69, 9.17) is 5.73 Å². The van der Waals surface area contributed by atoms with E-state index in [2.05, 4.69) is 35.9 Å². The van der Waals surface area contributed by atoms with Crippen molar-refractivity contribution in [3.63, 3.8) is 0 Å². The number of hydrogen-bond acceptors (Lipinski definition) is 3. The molecule has 0 atom stereocenters. The fourth-order valence-corrected chi connectivity index (χ4v) is 1.78. The van der Waals surface area contributed by atoms with Crippen molar-refractivity contribution in [1.29, 1.82) is 0 Å². The van der Waals surface area contributed by atoms with Crippen molar-refractivity contribution >= 4 is 5.82 Å². The number of benzene rings is 1. The summed E-state index contributed by atoms with van der Waals surface area (Å²) in [5.74, 6) is 1.22. The molecule has 1 aromatic carbocycles. The molecule has 0 fully saturated rings. The minimum absolute atomic E-state index is 0.516. The molecule has 0 spiro atoms. The quantitative estimate of drug-likeness (QED) is 0.792. The van der Waals surface area contributed by atoms with Gasteiger partial charge in [0.15, 0.2) is 5.82 Å². The number of aryl methyl sites for hydroxylation is 3. The Morgan fingerprint density at radius 1 is 1.00 bits per heavy atom. The smallest absolute Gasteiger partial charge is 0.161 e. The third-order valence-corrected chi connectivity index (χ3v) is 2.50. The fourth-order valence-electron chi connectivity index (χ4n) is 1.78. The minimum Gasteiger partial charge on any atom is -0.384 e. The van der Waals surface area contributed by atoms with Gasteiger partial charge in [-0.25, -0.2) is 9.97 Å². The van der Waals surface area contributed by atoms with E-state index in [1.54, 1.807) is 6.07 Å². The highest BCUT2D eigenvalue weighted by Crippen LogP contribution is 2.21. The Kier molecular flexibility index (Phi) is 2.60. The van der Waals surface area contributed by atoms with Crippen molar-refractivity contribution in [3.05, 3.63) is 41.1 Å². The average Bonchev–Trinajstić information content (AvgIpc) is 2.15. The van der Waals surface area contributed by atoms with Crippen LogP contribution in [0.5, 0.6) is 0 Å². The van der Waals surface area contributed by atoms with E-state index < -0.39 is 0 Å². The lowest BCUT2D eigenvalue weighted by Crippen LogP contribution is -1.98. The summed E-state index contributed by atoms with van der Waals surface area (Å²) in [6, 6.07) is 7.99. The van der Waals surface area contributed by atoms with E-state index in [0.29, 0.717) is 11.6 Å². The number of anilines is 1. The summed E-state index contributed by atoms with van der Waals surface area (Å²) in [5.41, 5.74) is 10.1. The number of nitrogens with two attached hydrogens (primary N) is 1. The van der Waals surface area contributed by atoms with Crippen molar-refractivity contribution < 1.29 is 0 Å². The predicted octanol–water partition coefficient (Wildman–Crippen LogP) is 2.65. The second-order valence-electron chi connectivity index (χ2n) is 4.08. The second kappa shape index (κ2) is 3.93. The Bertz CT molecular complexity index is 512. The van der Waals surface area contributed by atoms with Gasteiger partial charge in [-0.15, -0.1) is 0 Å². The van der Waals surface area contributed by atoms with Gasteiger partial charge in [0.2, 0.25) is 0 Å². The maximum Gasteiger partial charge on any atom is 0.161 e. The average molecular weight is 213 g/mol. The fraction of sp³-hybridized carbons (Fsp3) is 0.231. The molecule has 16 heavy (non-hydrogen) atoms. The SMILES string of the molecule is Cc1ccc(-c2nc(C)cc(N)n2)c(C)c1. The summed E-state index contributed by atoms with van der Waals surface area (Å²) < 4.78 is 0. The monoisotopic (exact) mass is 213 g/mol. The van der Waals surface area contributed by atoms with Crippen LogP contribution in [0.15, 0.2) is 24.3 Å². The zero-order valence-corrected chi connectivity index (χ0v) is 9.78. The van der Waals surface area contributed by atoms with Crippen LogP contribution in [0.25, 0.3) is 11.4 Å². The van der Waals surface area contributed by atoms with Crippen molar-refractivity contribution in [1.82, 2.24) is 9.97 Å². The molecular weight excluding hydrogens is 198 g/mol. The molecule has 0 unspecified atom stereocenters. The summed E-state index contributed by atoms with van der Waals surface area (Å²) in [6.07, 6.45) is 0. The molecule has 0 saturated carbocycles. The van der Waals surface area contributed by atoms with E-state index >= 15 is 0 Å². The number of nitrogen functional groups attached to an aromatic ring is 1. The Hall–Kier alpha value is -1.90. The molecule has 2 aromatic rings. The summed E-state index contributed by atoms with van der Waals surface area (Å²) in [4.78, 5) is 8.67. The molecule has 0 aliphatic rings. The normalized spacial score (nSPS) is 10.4. The van der Waals surface area contributed by atoms with Gasteiger partial charge in [0.05, 0.1) is 0 Å². The first-order chi connectivity index (χ1) is 7.56. The molecule has 1 heterocycles. The van der Waals surface area contributed by atoms with Gasteiger partial charge in [0.1, 0.15) is 5.82 Å². The van der Waals surface area contributed by atoms with Crippen LogP contribution in [-0.2, 0) is 0 Å². The largest absolute Gasteiger partial charge is 0.384 e. The summed E-state index contributed by atoms with van der Waals surface area (Å²) in [6.45, 7) is 6.05. The van der Waals surface area contributed by atoms with Gasteiger partial charge in [0, 0.05) is 17.3 Å². The zero-order chi connectivity index (χ0) is 11.7. The summed E-state index contributed by atoms with van der Waals surface area (Å²) in [5, 5.41) is 0. The van der Waals surface area contributed by atoms with Crippen LogP contribution >= 0.6 is 0 Å². The molecule has 2 N–H and O–H groups in total. The van der Waals surface area contributed by atoms with Gasteiger partial charge >= 0.3 is 0 Å². The predicted molar refractivity (Wildman–Crippen MR) is 66.1 cm³/mol. The first kappa shape index (κ1) is 10.6. The van der Waals surface area contributed by atoms with Crippen LogP contribution in [0.1, 0.15) is 16.8 Å². The van der Waals surface area contributed by atoms with E-state index in [0.717, 1.165) is 11.3 Å². The summed E-state index contributed by atoms with van der Waals surface area (Å²) >= 11 is 0. The van der Waals surface area contributed by atoms with Crippen molar-refractivity contribution in [2.75, 3.05) is 5.73 Å². The third kappa shape index (κ3) is 2.03. The highest BCUT2D eigenvalue weighted by atomic mass is 14.9. The lowest BCUT2D eigenvalue weighted by Gasteiger charge is -2.07. The zero-order valence-electron chi connectivity index (χ0n) is 9.78. The Morgan fingerprint density at radius 3 is 2.38 bits per heavy atom. The maximum absolute atomic E-state index is 5.73. The molecule has 3 nitrogen and oxygen atoms in total. The molecule has 0 aliphatic heterocycles. The molecule has 2 rings (SSSR count). The van der Waals surface area contributed by atoms with E-state index in [9.17, 15) is 0 Å². The molecule has 0 aliphatic carbocycles. The van der Waals surface area contributed by atoms with Gasteiger partial charge in [-0.05, 0) is 26.3 Å². The van der Waals surface area contributed by atoms with Crippen LogP contribution in [0.4, 0.5) is 5.82 Å². The van der Waals surface area contributed by atoms with Gasteiger partial charge in [0.25, 0.3) is 0 Å². The van der Waals surface area contributed by atoms with E-state index in [1.165, 1.54) is 11.1 Å². The van der Waals surface area contributed by atoms with Gasteiger partial charge < -0.3 is 5.73 Å². The van der Waals surface area contributed by atoms with Gasteiger partial charge in [-0.2, -0.15) is 0 Å². The minimum atomic E-state index is 0.516. The molecule has 0 radical (unpaired) electrons. The highest BCUT2D eigenvalue weighted by molar-refractivity contribution is 5.61.